The highest BCUT2D eigenvalue weighted by Gasteiger charge is 2.29. The highest BCUT2D eigenvalue weighted by atomic mass is 16.9. The van der Waals surface area contributed by atoms with Crippen molar-refractivity contribution in [2.45, 2.75) is 128 Å². The fourth-order valence-corrected chi connectivity index (χ4v) is 5.95. The lowest BCUT2D eigenvalue weighted by molar-refractivity contribution is -0.355. The van der Waals surface area contributed by atoms with Gasteiger partial charge >= 0.3 is 0 Å². The second-order valence-electron chi connectivity index (χ2n) is 11.9. The van der Waals surface area contributed by atoms with Gasteiger partial charge < -0.3 is 28.4 Å². The second-order valence-corrected chi connectivity index (χ2v) is 11.9. The van der Waals surface area contributed by atoms with E-state index in [0.717, 1.165) is 38.5 Å². The third kappa shape index (κ3) is 14.1. The maximum atomic E-state index is 5.37. The van der Waals surface area contributed by atoms with E-state index in [1.54, 1.807) is 42.7 Å². The van der Waals surface area contributed by atoms with E-state index in [1.807, 2.05) is 0 Å². The van der Waals surface area contributed by atoms with Crippen LogP contribution >= 0.6 is 0 Å². The van der Waals surface area contributed by atoms with Crippen molar-refractivity contribution < 1.29 is 28.4 Å². The molecule has 44 heavy (non-hydrogen) atoms. The van der Waals surface area contributed by atoms with Gasteiger partial charge in [-0.3, -0.25) is 0 Å². The molecule has 0 saturated heterocycles. The molecular weight excluding hydrogens is 552 g/mol. The third-order valence-electron chi connectivity index (χ3n) is 9.00. The first-order chi connectivity index (χ1) is 21.5. The Balaban J connectivity index is 1.54. The van der Waals surface area contributed by atoms with E-state index in [1.165, 1.54) is 99.3 Å². The number of hydrogen-bond donors (Lipinski definition) is 0. The lowest BCUT2D eigenvalue weighted by Crippen LogP contribution is -2.35. The third-order valence-corrected chi connectivity index (χ3v) is 9.00. The molecule has 0 heterocycles. The van der Waals surface area contributed by atoms with Crippen LogP contribution in [0.1, 0.15) is 114 Å². The Bertz CT molecular complexity index is 854. The first-order valence-electron chi connectivity index (χ1n) is 17.0. The summed E-state index contributed by atoms with van der Waals surface area (Å²) in [5.41, 5.74) is 5.49. The standard InChI is InChI=1S/C38H62O6/c1-39-37(40-2,41-3)31-19-15-11-7-9-13-17-21-33-23-27-35(28-24-33)36-29-25-34(26-30-36)22-18-14-10-8-12-16-20-32-38(42-4,43-5)44-6/h23-30H,7-22,31-32H2,1-6H3. The van der Waals surface area contributed by atoms with Crippen molar-refractivity contribution >= 4 is 0 Å². The quantitative estimate of drug-likeness (QED) is 0.0737. The van der Waals surface area contributed by atoms with Crippen LogP contribution in [0.4, 0.5) is 0 Å². The minimum absolute atomic E-state index is 0.765. The van der Waals surface area contributed by atoms with E-state index in [4.69, 9.17) is 28.4 Å². The largest absolute Gasteiger partial charge is 0.331 e. The van der Waals surface area contributed by atoms with Gasteiger partial charge in [-0.2, -0.15) is 0 Å². The molecule has 0 radical (unpaired) electrons. The highest BCUT2D eigenvalue weighted by Crippen LogP contribution is 2.24. The van der Waals surface area contributed by atoms with Gasteiger partial charge in [0.1, 0.15) is 0 Å². The fourth-order valence-electron chi connectivity index (χ4n) is 5.95. The molecule has 0 spiro atoms. The van der Waals surface area contributed by atoms with Crippen LogP contribution in [0.3, 0.4) is 0 Å². The number of ether oxygens (including phenoxy) is 6. The molecule has 0 amide bonds. The molecule has 0 saturated carbocycles. The monoisotopic (exact) mass is 614 g/mol. The normalized spacial score (nSPS) is 12.2. The van der Waals surface area contributed by atoms with Gasteiger partial charge in [0.25, 0.3) is 11.9 Å². The number of methoxy groups -OCH3 is 6. The molecule has 0 aliphatic carbocycles. The molecule has 0 aliphatic rings. The summed E-state index contributed by atoms with van der Waals surface area (Å²) in [6, 6.07) is 18.4. The zero-order chi connectivity index (χ0) is 31.9. The van der Waals surface area contributed by atoms with Gasteiger partial charge in [0.05, 0.1) is 0 Å². The van der Waals surface area contributed by atoms with Crippen LogP contribution in [0.5, 0.6) is 0 Å². The topological polar surface area (TPSA) is 55.4 Å². The smallest absolute Gasteiger partial charge is 0.282 e. The van der Waals surface area contributed by atoms with Crippen LogP contribution in [0.2, 0.25) is 0 Å². The van der Waals surface area contributed by atoms with Crippen molar-refractivity contribution in [3.63, 3.8) is 0 Å². The minimum Gasteiger partial charge on any atom is -0.331 e. The van der Waals surface area contributed by atoms with Gasteiger partial charge in [-0.05, 0) is 60.8 Å². The second kappa shape index (κ2) is 22.7. The van der Waals surface area contributed by atoms with Crippen molar-refractivity contribution in [1.82, 2.24) is 0 Å². The van der Waals surface area contributed by atoms with Gasteiger partial charge in [0, 0.05) is 55.5 Å². The Morgan fingerprint density at radius 2 is 0.591 bits per heavy atom. The summed E-state index contributed by atoms with van der Waals surface area (Å²) in [7, 11) is 9.79. The van der Waals surface area contributed by atoms with E-state index in [0.29, 0.717) is 0 Å². The molecule has 2 rings (SSSR count). The van der Waals surface area contributed by atoms with E-state index in [-0.39, 0.29) is 0 Å². The summed E-state index contributed by atoms with van der Waals surface area (Å²) in [5.74, 6) is -1.76. The average molecular weight is 615 g/mol. The molecule has 0 aromatic heterocycles. The van der Waals surface area contributed by atoms with Crippen molar-refractivity contribution in [1.29, 1.82) is 0 Å². The predicted molar refractivity (Wildman–Crippen MR) is 181 cm³/mol. The molecule has 6 nitrogen and oxygen atoms in total. The van der Waals surface area contributed by atoms with Crippen molar-refractivity contribution in [3.05, 3.63) is 59.7 Å². The van der Waals surface area contributed by atoms with Crippen molar-refractivity contribution in [2.24, 2.45) is 0 Å². The summed E-state index contributed by atoms with van der Waals surface area (Å²) in [5, 5.41) is 0. The minimum atomic E-state index is -0.879. The Morgan fingerprint density at radius 1 is 0.341 bits per heavy atom. The average Bonchev–Trinajstić information content (AvgIpc) is 3.08. The van der Waals surface area contributed by atoms with Gasteiger partial charge in [-0.25, -0.2) is 0 Å². The summed E-state index contributed by atoms with van der Waals surface area (Å²) < 4.78 is 32.2. The lowest BCUT2D eigenvalue weighted by Gasteiger charge is -2.28. The molecular formula is C38H62O6. The molecule has 250 valence electrons. The number of benzene rings is 2. The van der Waals surface area contributed by atoms with Gasteiger partial charge in [-0.15, -0.1) is 0 Å². The maximum absolute atomic E-state index is 5.37. The molecule has 0 atom stereocenters. The highest BCUT2D eigenvalue weighted by molar-refractivity contribution is 5.64. The maximum Gasteiger partial charge on any atom is 0.282 e. The van der Waals surface area contributed by atoms with Crippen LogP contribution in [-0.4, -0.2) is 54.6 Å². The Hall–Kier alpha value is -1.80. The Labute approximate surface area is 269 Å². The zero-order valence-corrected chi connectivity index (χ0v) is 28.8. The molecule has 0 bridgehead atoms. The summed E-state index contributed by atoms with van der Waals surface area (Å²) in [6.45, 7) is 0. The van der Waals surface area contributed by atoms with Crippen LogP contribution in [0.15, 0.2) is 48.5 Å². The number of unbranched alkanes of at least 4 members (excludes halogenated alkanes) is 12. The van der Waals surface area contributed by atoms with Crippen molar-refractivity contribution in [2.75, 3.05) is 42.7 Å². The van der Waals surface area contributed by atoms with Gasteiger partial charge in [-0.1, -0.05) is 113 Å². The van der Waals surface area contributed by atoms with E-state index < -0.39 is 11.9 Å². The summed E-state index contributed by atoms with van der Waals surface area (Å²) in [6.07, 6.45) is 21.1. The zero-order valence-electron chi connectivity index (χ0n) is 28.8. The summed E-state index contributed by atoms with van der Waals surface area (Å²) in [4.78, 5) is 0. The predicted octanol–water partition coefficient (Wildman–Crippen LogP) is 9.87. The number of rotatable bonds is 27. The Morgan fingerprint density at radius 3 is 0.864 bits per heavy atom. The summed E-state index contributed by atoms with van der Waals surface area (Å²) >= 11 is 0. The van der Waals surface area contributed by atoms with Gasteiger partial charge in [0.2, 0.25) is 0 Å². The van der Waals surface area contributed by atoms with E-state index in [2.05, 4.69) is 48.5 Å². The SMILES string of the molecule is COC(CCCCCCCCCc1ccc(-c2ccc(CCCCCCCCCC(OC)(OC)OC)cc2)cc1)(OC)OC. The molecule has 6 heteroatoms. The van der Waals surface area contributed by atoms with Crippen LogP contribution in [0.25, 0.3) is 11.1 Å². The molecule has 0 fully saturated rings. The van der Waals surface area contributed by atoms with E-state index in [9.17, 15) is 0 Å². The molecule has 0 N–H and O–H groups in total. The van der Waals surface area contributed by atoms with Crippen LogP contribution in [0, 0.1) is 0 Å². The molecule has 0 aliphatic heterocycles. The van der Waals surface area contributed by atoms with Crippen LogP contribution < -0.4 is 0 Å². The lowest BCUT2D eigenvalue weighted by atomic mass is 9.98. The van der Waals surface area contributed by atoms with Crippen LogP contribution in [-0.2, 0) is 41.3 Å². The first kappa shape index (κ1) is 38.4. The molecule has 0 unspecified atom stereocenters. The van der Waals surface area contributed by atoms with Gasteiger partial charge in [0.15, 0.2) is 0 Å². The fraction of sp³-hybridized carbons (Fsp3) is 0.684. The first-order valence-corrected chi connectivity index (χ1v) is 17.0. The number of aryl methyl sites for hydroxylation is 2. The number of hydrogen-bond acceptors (Lipinski definition) is 6. The van der Waals surface area contributed by atoms with E-state index >= 15 is 0 Å². The Kier molecular flexibility index (Phi) is 19.8. The van der Waals surface area contributed by atoms with Crippen molar-refractivity contribution in [3.8, 4) is 11.1 Å². The molecule has 2 aromatic carbocycles. The molecule has 2 aromatic rings.